The van der Waals surface area contributed by atoms with Crippen LogP contribution in [0.4, 0.5) is 4.39 Å². The topological polar surface area (TPSA) is 50.1 Å². The van der Waals surface area contributed by atoms with Crippen molar-refractivity contribution in [2.45, 2.75) is 13.3 Å². The lowest BCUT2D eigenvalue weighted by atomic mass is 10.1. The van der Waals surface area contributed by atoms with Gasteiger partial charge in [0.1, 0.15) is 23.2 Å². The van der Waals surface area contributed by atoms with E-state index >= 15 is 0 Å². The van der Waals surface area contributed by atoms with E-state index in [1.165, 1.54) is 18.2 Å². The summed E-state index contributed by atoms with van der Waals surface area (Å²) in [6, 6.07) is 13.1. The van der Waals surface area contributed by atoms with Gasteiger partial charge in [0.05, 0.1) is 0 Å². The summed E-state index contributed by atoms with van der Waals surface area (Å²) < 4.78 is 18.7. The number of aryl methyl sites for hydroxylation is 1. The second-order valence-electron chi connectivity index (χ2n) is 4.49. The van der Waals surface area contributed by atoms with Crippen LogP contribution in [0, 0.1) is 17.1 Å². The van der Waals surface area contributed by atoms with E-state index in [1.807, 2.05) is 19.1 Å². The lowest BCUT2D eigenvalue weighted by Gasteiger charge is -2.08. The standard InChI is InChI=1S/C17H14FNO2/c1-2-12-6-8-13(9-7-12)16(20)11-21-17-5-3-4-15(18)14(17)10-19/h3-9H,2,11H2,1H3. The first-order valence-corrected chi connectivity index (χ1v) is 6.59. The predicted molar refractivity (Wildman–Crippen MR) is 76.8 cm³/mol. The monoisotopic (exact) mass is 283 g/mol. The molecule has 0 atom stereocenters. The average molecular weight is 283 g/mol. The van der Waals surface area contributed by atoms with Crippen LogP contribution in [0.1, 0.15) is 28.4 Å². The second kappa shape index (κ2) is 6.67. The van der Waals surface area contributed by atoms with E-state index < -0.39 is 5.82 Å². The molecule has 0 heterocycles. The Bertz CT molecular complexity index is 687. The van der Waals surface area contributed by atoms with Gasteiger partial charge >= 0.3 is 0 Å². The molecule has 0 N–H and O–H groups in total. The lowest BCUT2D eigenvalue weighted by molar-refractivity contribution is 0.0921. The Morgan fingerprint density at radius 1 is 1.24 bits per heavy atom. The van der Waals surface area contributed by atoms with Gasteiger partial charge in [0.25, 0.3) is 0 Å². The molecule has 2 rings (SSSR count). The zero-order chi connectivity index (χ0) is 15.2. The van der Waals surface area contributed by atoms with Gasteiger partial charge in [0, 0.05) is 5.56 Å². The lowest BCUT2D eigenvalue weighted by Crippen LogP contribution is -2.12. The van der Waals surface area contributed by atoms with Gasteiger partial charge < -0.3 is 4.74 Å². The number of benzene rings is 2. The second-order valence-corrected chi connectivity index (χ2v) is 4.49. The summed E-state index contributed by atoms with van der Waals surface area (Å²) in [5, 5.41) is 8.88. The van der Waals surface area contributed by atoms with Gasteiger partial charge in [-0.2, -0.15) is 5.26 Å². The molecule has 0 aromatic heterocycles. The summed E-state index contributed by atoms with van der Waals surface area (Å²) in [6.07, 6.45) is 0.903. The highest BCUT2D eigenvalue weighted by Crippen LogP contribution is 2.20. The molecule has 0 fully saturated rings. The van der Waals surface area contributed by atoms with Crippen molar-refractivity contribution < 1.29 is 13.9 Å². The highest BCUT2D eigenvalue weighted by atomic mass is 19.1. The summed E-state index contributed by atoms with van der Waals surface area (Å²) in [5.74, 6) is -0.795. The maximum Gasteiger partial charge on any atom is 0.200 e. The number of hydrogen-bond donors (Lipinski definition) is 0. The molecule has 4 heteroatoms. The molecule has 3 nitrogen and oxygen atoms in total. The molecule has 0 bridgehead atoms. The fourth-order valence-electron chi connectivity index (χ4n) is 1.89. The van der Waals surface area contributed by atoms with Crippen molar-refractivity contribution in [1.82, 2.24) is 0 Å². The van der Waals surface area contributed by atoms with E-state index in [2.05, 4.69) is 0 Å². The first-order chi connectivity index (χ1) is 10.2. The number of carbonyl (C=O) groups is 1. The summed E-state index contributed by atoms with van der Waals surface area (Å²) in [7, 11) is 0. The minimum absolute atomic E-state index is 0.0797. The van der Waals surface area contributed by atoms with Gasteiger partial charge in [-0.1, -0.05) is 37.3 Å². The molecule has 2 aromatic carbocycles. The Morgan fingerprint density at radius 3 is 2.57 bits per heavy atom. The van der Waals surface area contributed by atoms with Crippen LogP contribution in [0.25, 0.3) is 0 Å². The summed E-state index contributed by atoms with van der Waals surface area (Å²) >= 11 is 0. The first-order valence-electron chi connectivity index (χ1n) is 6.59. The molecule has 0 saturated heterocycles. The van der Waals surface area contributed by atoms with Crippen molar-refractivity contribution in [2.24, 2.45) is 0 Å². The van der Waals surface area contributed by atoms with Crippen LogP contribution in [0.2, 0.25) is 0 Å². The Kier molecular flexibility index (Phi) is 4.68. The summed E-state index contributed by atoms with van der Waals surface area (Å²) in [5.41, 5.74) is 1.48. The van der Waals surface area contributed by atoms with Crippen LogP contribution >= 0.6 is 0 Å². The smallest absolute Gasteiger partial charge is 0.200 e. The zero-order valence-electron chi connectivity index (χ0n) is 11.6. The van der Waals surface area contributed by atoms with Gasteiger partial charge in [0.15, 0.2) is 12.4 Å². The minimum atomic E-state index is -0.658. The van der Waals surface area contributed by atoms with Crippen LogP contribution in [-0.4, -0.2) is 12.4 Å². The Morgan fingerprint density at radius 2 is 1.95 bits per heavy atom. The number of Topliss-reactive ketones (excluding diaryl/α,β-unsaturated/α-hetero) is 1. The van der Waals surface area contributed by atoms with Gasteiger partial charge in [0.2, 0.25) is 0 Å². The van der Waals surface area contributed by atoms with E-state index in [0.29, 0.717) is 5.56 Å². The maximum absolute atomic E-state index is 13.4. The quantitative estimate of drug-likeness (QED) is 0.789. The molecule has 0 unspecified atom stereocenters. The predicted octanol–water partition coefficient (Wildman–Crippen LogP) is 3.52. The van der Waals surface area contributed by atoms with E-state index in [1.54, 1.807) is 18.2 Å². The molecule has 106 valence electrons. The van der Waals surface area contributed by atoms with Crippen LogP contribution in [0.15, 0.2) is 42.5 Å². The number of nitrogens with zero attached hydrogens (tertiary/aromatic N) is 1. The van der Waals surface area contributed by atoms with Gasteiger partial charge in [-0.25, -0.2) is 4.39 Å². The molecular weight excluding hydrogens is 269 g/mol. The first kappa shape index (κ1) is 14.7. The van der Waals surface area contributed by atoms with E-state index in [4.69, 9.17) is 10.00 Å². The van der Waals surface area contributed by atoms with Gasteiger partial charge in [-0.05, 0) is 24.1 Å². The fourth-order valence-corrected chi connectivity index (χ4v) is 1.89. The van der Waals surface area contributed by atoms with Crippen molar-refractivity contribution in [3.8, 4) is 11.8 Å². The molecule has 0 radical (unpaired) electrons. The number of carbonyl (C=O) groups excluding carboxylic acids is 1. The summed E-state index contributed by atoms with van der Waals surface area (Å²) in [6.45, 7) is 1.80. The third-order valence-electron chi connectivity index (χ3n) is 3.13. The third-order valence-corrected chi connectivity index (χ3v) is 3.13. The molecule has 0 aliphatic heterocycles. The zero-order valence-corrected chi connectivity index (χ0v) is 11.6. The van der Waals surface area contributed by atoms with E-state index in [0.717, 1.165) is 12.0 Å². The molecule has 0 amide bonds. The van der Waals surface area contributed by atoms with Crippen LogP contribution in [-0.2, 0) is 6.42 Å². The molecule has 0 aliphatic carbocycles. The molecular formula is C17H14FNO2. The van der Waals surface area contributed by atoms with Crippen LogP contribution in [0.5, 0.6) is 5.75 Å². The number of nitriles is 1. The van der Waals surface area contributed by atoms with Crippen LogP contribution < -0.4 is 4.74 Å². The highest BCUT2D eigenvalue weighted by molar-refractivity contribution is 5.97. The van der Waals surface area contributed by atoms with Crippen molar-refractivity contribution in [3.05, 3.63) is 65.0 Å². The van der Waals surface area contributed by atoms with Crippen molar-refractivity contribution in [2.75, 3.05) is 6.61 Å². The molecule has 21 heavy (non-hydrogen) atoms. The van der Waals surface area contributed by atoms with Crippen molar-refractivity contribution in [3.63, 3.8) is 0 Å². The number of rotatable bonds is 5. The summed E-state index contributed by atoms with van der Waals surface area (Å²) in [4.78, 5) is 12.0. The average Bonchev–Trinajstić information content (AvgIpc) is 2.52. The normalized spacial score (nSPS) is 9.95. The number of hydrogen-bond acceptors (Lipinski definition) is 3. The largest absolute Gasteiger partial charge is 0.484 e. The number of ether oxygens (including phenoxy) is 1. The highest BCUT2D eigenvalue weighted by Gasteiger charge is 2.12. The number of ketones is 1. The molecule has 2 aromatic rings. The third kappa shape index (κ3) is 3.46. The van der Waals surface area contributed by atoms with Crippen molar-refractivity contribution in [1.29, 1.82) is 5.26 Å². The Balaban J connectivity index is 2.07. The fraction of sp³-hybridized carbons (Fsp3) is 0.176. The SMILES string of the molecule is CCc1ccc(C(=O)COc2cccc(F)c2C#N)cc1. The van der Waals surface area contributed by atoms with E-state index in [9.17, 15) is 9.18 Å². The van der Waals surface area contributed by atoms with Crippen molar-refractivity contribution >= 4 is 5.78 Å². The Hall–Kier alpha value is -2.67. The minimum Gasteiger partial charge on any atom is -0.484 e. The molecule has 0 aliphatic rings. The van der Waals surface area contributed by atoms with Gasteiger partial charge in [-0.15, -0.1) is 0 Å². The van der Waals surface area contributed by atoms with E-state index in [-0.39, 0.29) is 23.7 Å². The number of halogens is 1. The molecule has 0 saturated carbocycles. The van der Waals surface area contributed by atoms with Crippen LogP contribution in [0.3, 0.4) is 0 Å². The van der Waals surface area contributed by atoms with Gasteiger partial charge in [-0.3, -0.25) is 4.79 Å². The molecule has 0 spiro atoms. The maximum atomic E-state index is 13.4. The Labute approximate surface area is 122 Å².